The standard InChI is InChI=1S/C7H9ClO/c1-5-6(8)3-2-4-7(5)9/h4,9H,2-3H2,1H3. The third-order valence-corrected chi connectivity index (χ3v) is 1.97. The van der Waals surface area contributed by atoms with Gasteiger partial charge in [0.2, 0.25) is 0 Å². The van der Waals surface area contributed by atoms with Gasteiger partial charge in [-0.25, -0.2) is 0 Å². The van der Waals surface area contributed by atoms with Crippen LogP contribution >= 0.6 is 11.6 Å². The lowest BCUT2D eigenvalue weighted by Crippen LogP contribution is -1.93. The third-order valence-electron chi connectivity index (χ3n) is 1.49. The van der Waals surface area contributed by atoms with Gasteiger partial charge < -0.3 is 5.11 Å². The molecule has 2 heteroatoms. The lowest BCUT2D eigenvalue weighted by Gasteiger charge is -2.08. The summed E-state index contributed by atoms with van der Waals surface area (Å²) in [6.07, 6.45) is 3.53. The molecule has 0 fully saturated rings. The summed E-state index contributed by atoms with van der Waals surface area (Å²) in [5.41, 5.74) is 0.822. The van der Waals surface area contributed by atoms with Gasteiger partial charge in [-0.15, -0.1) is 0 Å². The summed E-state index contributed by atoms with van der Waals surface area (Å²) in [6, 6.07) is 0. The molecule has 0 aromatic heterocycles. The van der Waals surface area contributed by atoms with Gasteiger partial charge in [-0.1, -0.05) is 11.6 Å². The average molecular weight is 145 g/mol. The molecule has 1 aliphatic rings. The van der Waals surface area contributed by atoms with Crippen molar-refractivity contribution in [3.8, 4) is 0 Å². The van der Waals surface area contributed by atoms with Gasteiger partial charge in [0.25, 0.3) is 0 Å². The van der Waals surface area contributed by atoms with Crippen LogP contribution < -0.4 is 0 Å². The second-order valence-corrected chi connectivity index (χ2v) is 2.61. The van der Waals surface area contributed by atoms with Gasteiger partial charge in [0, 0.05) is 10.6 Å². The predicted molar refractivity (Wildman–Crippen MR) is 38.5 cm³/mol. The van der Waals surface area contributed by atoms with Crippen molar-refractivity contribution in [2.75, 3.05) is 0 Å². The molecule has 1 aliphatic carbocycles. The van der Waals surface area contributed by atoms with Crippen molar-refractivity contribution in [3.05, 3.63) is 22.4 Å². The molecule has 0 saturated heterocycles. The zero-order valence-electron chi connectivity index (χ0n) is 5.32. The summed E-state index contributed by atoms with van der Waals surface area (Å²) >= 11 is 5.74. The van der Waals surface area contributed by atoms with Crippen molar-refractivity contribution >= 4 is 11.6 Å². The molecule has 0 amide bonds. The number of aliphatic hydroxyl groups is 1. The molecule has 50 valence electrons. The van der Waals surface area contributed by atoms with Crippen molar-refractivity contribution < 1.29 is 5.11 Å². The Morgan fingerprint density at radius 1 is 1.67 bits per heavy atom. The van der Waals surface area contributed by atoms with Crippen LogP contribution in [0.2, 0.25) is 0 Å². The Morgan fingerprint density at radius 3 is 2.78 bits per heavy atom. The summed E-state index contributed by atoms with van der Waals surface area (Å²) in [5.74, 6) is 0.339. The first kappa shape index (κ1) is 6.69. The maximum absolute atomic E-state index is 9.07. The van der Waals surface area contributed by atoms with Crippen LogP contribution in [-0.4, -0.2) is 5.11 Å². The zero-order chi connectivity index (χ0) is 6.85. The molecule has 0 spiro atoms. The van der Waals surface area contributed by atoms with E-state index in [0.29, 0.717) is 5.76 Å². The Balaban J connectivity index is 2.88. The zero-order valence-corrected chi connectivity index (χ0v) is 6.07. The number of hydrogen-bond donors (Lipinski definition) is 1. The summed E-state index contributed by atoms with van der Waals surface area (Å²) in [7, 11) is 0. The number of allylic oxidation sites excluding steroid dienone is 3. The monoisotopic (exact) mass is 144 g/mol. The van der Waals surface area contributed by atoms with Gasteiger partial charge in [0.05, 0.1) is 0 Å². The van der Waals surface area contributed by atoms with E-state index >= 15 is 0 Å². The van der Waals surface area contributed by atoms with E-state index in [0.717, 1.165) is 23.4 Å². The Labute approximate surface area is 59.6 Å². The fourth-order valence-electron chi connectivity index (χ4n) is 0.815. The van der Waals surface area contributed by atoms with E-state index in [1.54, 1.807) is 6.08 Å². The molecule has 0 aliphatic heterocycles. The highest BCUT2D eigenvalue weighted by molar-refractivity contribution is 6.30. The van der Waals surface area contributed by atoms with Gasteiger partial charge in [-0.05, 0) is 25.8 Å². The van der Waals surface area contributed by atoms with Gasteiger partial charge in [-0.3, -0.25) is 0 Å². The molecule has 1 N–H and O–H groups in total. The maximum atomic E-state index is 9.07. The van der Waals surface area contributed by atoms with E-state index in [4.69, 9.17) is 16.7 Å². The topological polar surface area (TPSA) is 20.2 Å². The van der Waals surface area contributed by atoms with Gasteiger partial charge in [0.1, 0.15) is 5.76 Å². The van der Waals surface area contributed by atoms with Gasteiger partial charge in [0.15, 0.2) is 0 Å². The molecular weight excluding hydrogens is 136 g/mol. The van der Waals surface area contributed by atoms with Crippen LogP contribution in [0.4, 0.5) is 0 Å². The van der Waals surface area contributed by atoms with Crippen LogP contribution in [-0.2, 0) is 0 Å². The Hall–Kier alpha value is -0.430. The number of aliphatic hydroxyl groups excluding tert-OH is 1. The Bertz CT molecular complexity index is 179. The third kappa shape index (κ3) is 1.28. The highest BCUT2D eigenvalue weighted by Crippen LogP contribution is 2.25. The van der Waals surface area contributed by atoms with E-state index < -0.39 is 0 Å². The van der Waals surface area contributed by atoms with Crippen LogP contribution in [0, 0.1) is 0 Å². The Kier molecular flexibility index (Phi) is 1.81. The highest BCUT2D eigenvalue weighted by Gasteiger charge is 2.07. The first-order valence-corrected chi connectivity index (χ1v) is 3.34. The van der Waals surface area contributed by atoms with Crippen LogP contribution in [0.15, 0.2) is 22.4 Å². The molecule has 1 rings (SSSR count). The smallest absolute Gasteiger partial charge is 0.115 e. The minimum atomic E-state index is 0.339. The van der Waals surface area contributed by atoms with Crippen molar-refractivity contribution in [1.29, 1.82) is 0 Å². The van der Waals surface area contributed by atoms with Crippen molar-refractivity contribution in [2.24, 2.45) is 0 Å². The van der Waals surface area contributed by atoms with E-state index in [2.05, 4.69) is 0 Å². The molecule has 0 radical (unpaired) electrons. The van der Waals surface area contributed by atoms with Crippen LogP contribution in [0.5, 0.6) is 0 Å². The van der Waals surface area contributed by atoms with Crippen LogP contribution in [0.1, 0.15) is 19.8 Å². The summed E-state index contributed by atoms with van der Waals surface area (Å²) in [6.45, 7) is 1.83. The quantitative estimate of drug-likeness (QED) is 0.554. The van der Waals surface area contributed by atoms with Crippen LogP contribution in [0.25, 0.3) is 0 Å². The minimum Gasteiger partial charge on any atom is -0.508 e. The summed E-state index contributed by atoms with van der Waals surface area (Å²) < 4.78 is 0. The maximum Gasteiger partial charge on any atom is 0.115 e. The second kappa shape index (κ2) is 2.44. The summed E-state index contributed by atoms with van der Waals surface area (Å²) in [5, 5.41) is 9.85. The van der Waals surface area contributed by atoms with E-state index in [1.165, 1.54) is 0 Å². The molecule has 0 heterocycles. The first-order valence-electron chi connectivity index (χ1n) is 2.96. The number of rotatable bonds is 0. The molecular formula is C7H9ClO. The first-order chi connectivity index (χ1) is 4.22. The van der Waals surface area contributed by atoms with Crippen molar-refractivity contribution in [3.63, 3.8) is 0 Å². The molecule has 0 aromatic carbocycles. The minimum absolute atomic E-state index is 0.339. The molecule has 0 unspecified atom stereocenters. The normalized spacial score (nSPS) is 20.0. The van der Waals surface area contributed by atoms with E-state index in [1.807, 2.05) is 6.92 Å². The molecule has 0 bridgehead atoms. The average Bonchev–Trinajstić information content (AvgIpc) is 1.83. The highest BCUT2D eigenvalue weighted by atomic mass is 35.5. The molecule has 1 nitrogen and oxygen atoms in total. The van der Waals surface area contributed by atoms with Crippen molar-refractivity contribution in [2.45, 2.75) is 19.8 Å². The molecule has 9 heavy (non-hydrogen) atoms. The van der Waals surface area contributed by atoms with Gasteiger partial charge >= 0.3 is 0 Å². The predicted octanol–water partition coefficient (Wildman–Crippen LogP) is 2.73. The van der Waals surface area contributed by atoms with Gasteiger partial charge in [-0.2, -0.15) is 0 Å². The van der Waals surface area contributed by atoms with E-state index in [9.17, 15) is 0 Å². The fraction of sp³-hybridized carbons (Fsp3) is 0.429. The molecule has 0 atom stereocenters. The lowest BCUT2D eigenvalue weighted by molar-refractivity contribution is 0.416. The van der Waals surface area contributed by atoms with Crippen molar-refractivity contribution in [1.82, 2.24) is 0 Å². The van der Waals surface area contributed by atoms with E-state index in [-0.39, 0.29) is 0 Å². The fourth-order valence-corrected chi connectivity index (χ4v) is 1.02. The second-order valence-electron chi connectivity index (χ2n) is 2.16. The molecule has 0 aromatic rings. The van der Waals surface area contributed by atoms with Crippen LogP contribution in [0.3, 0.4) is 0 Å². The number of hydrogen-bond acceptors (Lipinski definition) is 1. The SMILES string of the molecule is CC1=C(Cl)CCC=C1O. The number of halogens is 1. The lowest BCUT2D eigenvalue weighted by atomic mass is 10.1. The Morgan fingerprint density at radius 2 is 2.33 bits per heavy atom. The summed E-state index contributed by atoms with van der Waals surface area (Å²) in [4.78, 5) is 0. The largest absolute Gasteiger partial charge is 0.508 e. The molecule has 0 saturated carbocycles.